The van der Waals surface area contributed by atoms with Gasteiger partial charge >= 0.3 is 11.9 Å². The Bertz CT molecular complexity index is 559. The molecule has 0 heterocycles. The van der Waals surface area contributed by atoms with Crippen LogP contribution in [0.4, 0.5) is 0 Å². The van der Waals surface area contributed by atoms with Gasteiger partial charge in [0.2, 0.25) is 0 Å². The van der Waals surface area contributed by atoms with Crippen LogP contribution < -0.4 is 0 Å². The minimum absolute atomic E-state index is 0.00471. The summed E-state index contributed by atoms with van der Waals surface area (Å²) in [5.41, 5.74) is 0.365. The van der Waals surface area contributed by atoms with Crippen LogP contribution >= 0.6 is 0 Å². The second kappa shape index (κ2) is 29.9. The third-order valence-electron chi connectivity index (χ3n) is 4.25. The van der Waals surface area contributed by atoms with Crippen LogP contribution in [0.15, 0.2) is 12.2 Å². The number of carbonyl (C=O) groups excluding carboxylic acids is 1. The summed E-state index contributed by atoms with van der Waals surface area (Å²) < 4.78 is 53.0. The number of hydrogen-bond donors (Lipinski definition) is 1. The van der Waals surface area contributed by atoms with Crippen molar-refractivity contribution in [1.82, 2.24) is 0 Å². The fourth-order valence-corrected chi connectivity index (χ4v) is 2.34. The minimum Gasteiger partial charge on any atom is -0.481 e. The Morgan fingerprint density at radius 2 is 0.711 bits per heavy atom. The topological polar surface area (TPSA) is 147 Å². The highest BCUT2D eigenvalue weighted by Crippen LogP contribution is 1.92. The predicted molar refractivity (Wildman–Crippen MR) is 135 cm³/mol. The molecule has 0 spiro atoms. The third kappa shape index (κ3) is 30.5. The normalized spacial score (nSPS) is 11.1. The molecule has 0 amide bonds. The Balaban J connectivity index is 3.07. The summed E-state index contributed by atoms with van der Waals surface area (Å²) in [6, 6.07) is 0. The number of aliphatic carboxylic acids is 1. The molecule has 13 nitrogen and oxygen atoms in total. The Labute approximate surface area is 225 Å². The largest absolute Gasteiger partial charge is 0.481 e. The third-order valence-corrected chi connectivity index (χ3v) is 4.25. The number of carboxylic acid groups (broad SMARTS) is 1. The molecule has 0 saturated heterocycles. The van der Waals surface area contributed by atoms with Gasteiger partial charge in [-0.3, -0.25) is 4.79 Å². The second-order valence-electron chi connectivity index (χ2n) is 7.57. The Hall–Kier alpha value is -1.68. The van der Waals surface area contributed by atoms with Gasteiger partial charge in [-0.25, -0.2) is 4.79 Å². The summed E-state index contributed by atoms with van der Waals surface area (Å²) in [6.45, 7) is 13.0. The van der Waals surface area contributed by atoms with Crippen molar-refractivity contribution in [3.05, 3.63) is 12.2 Å². The molecule has 224 valence electrons. The zero-order valence-electron chi connectivity index (χ0n) is 22.7. The monoisotopic (exact) mass is 554 g/mol. The van der Waals surface area contributed by atoms with Crippen LogP contribution in [0, 0.1) is 0 Å². The highest BCUT2D eigenvalue weighted by molar-refractivity contribution is 5.86. The van der Waals surface area contributed by atoms with E-state index >= 15 is 0 Å². The minimum atomic E-state index is -0.877. The molecule has 0 fully saturated rings. The molecule has 0 aliphatic rings. The number of esters is 1. The number of ether oxygens (including phenoxy) is 10. The molecule has 0 aliphatic carbocycles. The smallest absolute Gasteiger partial charge is 0.333 e. The van der Waals surface area contributed by atoms with Gasteiger partial charge in [0.05, 0.1) is 125 Å². The SMILES string of the molecule is C=C(C)C(=O)OCCOCCOCCOCCOCCOCCOCCOCCOCCOCCC(=O)O. The maximum absolute atomic E-state index is 11.2. The molecule has 1 N–H and O–H groups in total. The van der Waals surface area contributed by atoms with Crippen molar-refractivity contribution in [2.24, 2.45) is 0 Å². The molecule has 0 aromatic rings. The molecule has 0 radical (unpaired) electrons. The summed E-state index contributed by atoms with van der Waals surface area (Å²) in [5.74, 6) is -1.29. The highest BCUT2D eigenvalue weighted by Gasteiger charge is 2.02. The molecular weight excluding hydrogens is 508 g/mol. The molecule has 38 heavy (non-hydrogen) atoms. The first-order valence-corrected chi connectivity index (χ1v) is 12.8. The van der Waals surface area contributed by atoms with Crippen LogP contribution in [0.3, 0.4) is 0 Å². The van der Waals surface area contributed by atoms with Gasteiger partial charge in [-0.05, 0) is 6.92 Å². The van der Waals surface area contributed by atoms with Gasteiger partial charge in [0.25, 0.3) is 0 Å². The number of hydrogen-bond acceptors (Lipinski definition) is 12. The van der Waals surface area contributed by atoms with Gasteiger partial charge in [0.15, 0.2) is 0 Å². The summed E-state index contributed by atoms with van der Waals surface area (Å²) in [7, 11) is 0. The van der Waals surface area contributed by atoms with E-state index < -0.39 is 11.9 Å². The first-order valence-electron chi connectivity index (χ1n) is 12.8. The Kier molecular flexibility index (Phi) is 28.5. The van der Waals surface area contributed by atoms with E-state index in [1.807, 2.05) is 0 Å². The van der Waals surface area contributed by atoms with E-state index in [1.165, 1.54) is 0 Å². The van der Waals surface area contributed by atoms with Crippen LogP contribution in [0.25, 0.3) is 0 Å². The zero-order valence-corrected chi connectivity index (χ0v) is 22.7. The highest BCUT2D eigenvalue weighted by atomic mass is 16.6. The number of carboxylic acids is 1. The number of carbonyl (C=O) groups is 2. The summed E-state index contributed by atoms with van der Waals surface area (Å²) in [4.78, 5) is 21.5. The molecule has 0 bridgehead atoms. The lowest BCUT2D eigenvalue weighted by Gasteiger charge is -2.09. The maximum atomic E-state index is 11.2. The van der Waals surface area contributed by atoms with E-state index in [2.05, 4.69) is 6.58 Å². The lowest BCUT2D eigenvalue weighted by atomic mass is 10.4. The Morgan fingerprint density at radius 3 is 0.947 bits per heavy atom. The van der Waals surface area contributed by atoms with E-state index in [4.69, 9.17) is 52.5 Å². The maximum Gasteiger partial charge on any atom is 0.333 e. The van der Waals surface area contributed by atoms with Crippen molar-refractivity contribution in [2.45, 2.75) is 13.3 Å². The molecule has 0 rings (SSSR count). The van der Waals surface area contributed by atoms with Crippen molar-refractivity contribution < 1.29 is 62.1 Å². The average Bonchev–Trinajstić information content (AvgIpc) is 2.89. The fraction of sp³-hybridized carbons (Fsp3) is 0.840. The molecule has 0 saturated carbocycles. The van der Waals surface area contributed by atoms with Crippen molar-refractivity contribution in [1.29, 1.82) is 0 Å². The molecule has 0 aromatic carbocycles. The van der Waals surface area contributed by atoms with Crippen LogP contribution in [-0.4, -0.2) is 143 Å². The second-order valence-corrected chi connectivity index (χ2v) is 7.57. The standard InChI is InChI=1S/C25H46O13/c1-23(2)25(28)38-22-21-37-20-19-36-18-17-35-16-15-34-14-13-33-12-11-32-10-9-31-8-7-30-6-5-29-4-3-24(26)27/h1,3-22H2,2H3,(H,26,27). The zero-order chi connectivity index (χ0) is 27.9. The lowest BCUT2D eigenvalue weighted by molar-refractivity contribution is -0.141. The molecule has 13 heteroatoms. The molecule has 0 atom stereocenters. The summed E-state index contributed by atoms with van der Waals surface area (Å²) in [5, 5.41) is 8.46. The molecule has 0 unspecified atom stereocenters. The van der Waals surface area contributed by atoms with Gasteiger partial charge in [-0.1, -0.05) is 6.58 Å². The molecular formula is C25H46O13. The Morgan fingerprint density at radius 1 is 0.474 bits per heavy atom. The van der Waals surface area contributed by atoms with Crippen molar-refractivity contribution in [3.63, 3.8) is 0 Å². The van der Waals surface area contributed by atoms with Crippen molar-refractivity contribution in [3.8, 4) is 0 Å². The van der Waals surface area contributed by atoms with Gasteiger partial charge in [-0.15, -0.1) is 0 Å². The number of rotatable bonds is 31. The average molecular weight is 555 g/mol. The summed E-state index contributed by atoms with van der Waals surface area (Å²) in [6.07, 6.45) is -0.00471. The summed E-state index contributed by atoms with van der Waals surface area (Å²) >= 11 is 0. The molecule has 0 aliphatic heterocycles. The quantitative estimate of drug-likeness (QED) is 0.0730. The van der Waals surface area contributed by atoms with Gasteiger partial charge in [0.1, 0.15) is 6.61 Å². The predicted octanol–water partition coefficient (Wildman–Crippen LogP) is 0.730. The van der Waals surface area contributed by atoms with Crippen LogP contribution in [-0.2, 0) is 57.0 Å². The lowest BCUT2D eigenvalue weighted by Crippen LogP contribution is -2.15. The first kappa shape index (κ1) is 36.3. The van der Waals surface area contributed by atoms with E-state index in [9.17, 15) is 9.59 Å². The van der Waals surface area contributed by atoms with E-state index in [1.54, 1.807) is 6.92 Å². The van der Waals surface area contributed by atoms with Crippen LogP contribution in [0.2, 0.25) is 0 Å². The van der Waals surface area contributed by atoms with E-state index in [0.29, 0.717) is 118 Å². The van der Waals surface area contributed by atoms with Crippen LogP contribution in [0.1, 0.15) is 13.3 Å². The first-order chi connectivity index (χ1) is 18.5. The van der Waals surface area contributed by atoms with Crippen molar-refractivity contribution >= 4 is 11.9 Å². The molecule has 0 aromatic heterocycles. The van der Waals surface area contributed by atoms with E-state index in [-0.39, 0.29) is 19.6 Å². The van der Waals surface area contributed by atoms with E-state index in [0.717, 1.165) is 0 Å². The van der Waals surface area contributed by atoms with Gasteiger partial charge in [-0.2, -0.15) is 0 Å². The fourth-order valence-electron chi connectivity index (χ4n) is 2.34. The van der Waals surface area contributed by atoms with Gasteiger partial charge < -0.3 is 52.5 Å². The van der Waals surface area contributed by atoms with Gasteiger partial charge in [0, 0.05) is 5.57 Å². The van der Waals surface area contributed by atoms with Crippen molar-refractivity contribution in [2.75, 3.05) is 126 Å². The van der Waals surface area contributed by atoms with Crippen LogP contribution in [0.5, 0.6) is 0 Å².